The summed E-state index contributed by atoms with van der Waals surface area (Å²) in [7, 11) is -1.68. The molecule has 5 heteroatoms. The molecular formula is C12H18N2O2S. The van der Waals surface area contributed by atoms with Crippen LogP contribution in [0.1, 0.15) is 12.8 Å². The lowest BCUT2D eigenvalue weighted by Gasteiger charge is -2.30. The van der Waals surface area contributed by atoms with Gasteiger partial charge in [0.15, 0.2) is 0 Å². The Morgan fingerprint density at radius 2 is 2.00 bits per heavy atom. The standard InChI is InChI=1S/C12H18N2O2S/c1-14(11-6-5-9-13-10-11)17(15,16)12-7-3-2-4-8-12/h2-4,7-8,11,13H,5-6,9-10H2,1H3. The molecule has 1 aliphatic heterocycles. The minimum atomic E-state index is -3.35. The van der Waals surface area contributed by atoms with Crippen LogP contribution in [0.2, 0.25) is 0 Å². The van der Waals surface area contributed by atoms with E-state index in [-0.39, 0.29) is 6.04 Å². The largest absolute Gasteiger partial charge is 0.315 e. The van der Waals surface area contributed by atoms with Gasteiger partial charge in [0.05, 0.1) is 4.90 Å². The van der Waals surface area contributed by atoms with Crippen LogP contribution >= 0.6 is 0 Å². The van der Waals surface area contributed by atoms with Crippen LogP contribution in [0.25, 0.3) is 0 Å². The Bertz CT molecular complexity index is 453. The Morgan fingerprint density at radius 3 is 2.59 bits per heavy atom. The summed E-state index contributed by atoms with van der Waals surface area (Å²) in [5.74, 6) is 0. The van der Waals surface area contributed by atoms with E-state index in [1.54, 1.807) is 31.3 Å². The van der Waals surface area contributed by atoms with Crippen molar-refractivity contribution in [1.29, 1.82) is 0 Å². The molecule has 17 heavy (non-hydrogen) atoms. The SMILES string of the molecule is CN(C1CCCNC1)S(=O)(=O)c1ccccc1. The number of hydrogen-bond donors (Lipinski definition) is 1. The van der Waals surface area contributed by atoms with E-state index in [1.165, 1.54) is 4.31 Å². The van der Waals surface area contributed by atoms with Crippen LogP contribution in [0.15, 0.2) is 35.2 Å². The minimum absolute atomic E-state index is 0.0638. The molecule has 1 atom stereocenters. The summed E-state index contributed by atoms with van der Waals surface area (Å²) in [4.78, 5) is 0.369. The number of piperidine rings is 1. The van der Waals surface area contributed by atoms with Crippen LogP contribution < -0.4 is 5.32 Å². The molecule has 0 saturated carbocycles. The maximum Gasteiger partial charge on any atom is 0.243 e. The average molecular weight is 254 g/mol. The molecule has 1 aliphatic rings. The molecule has 4 nitrogen and oxygen atoms in total. The summed E-state index contributed by atoms with van der Waals surface area (Å²) in [5.41, 5.74) is 0. The van der Waals surface area contributed by atoms with Gasteiger partial charge in [-0.1, -0.05) is 18.2 Å². The zero-order valence-electron chi connectivity index (χ0n) is 9.96. The summed E-state index contributed by atoms with van der Waals surface area (Å²) >= 11 is 0. The highest BCUT2D eigenvalue weighted by molar-refractivity contribution is 7.89. The topological polar surface area (TPSA) is 49.4 Å². The quantitative estimate of drug-likeness (QED) is 0.877. The maximum atomic E-state index is 12.3. The molecule has 0 aliphatic carbocycles. The first-order chi connectivity index (χ1) is 8.12. The molecule has 94 valence electrons. The zero-order chi connectivity index (χ0) is 12.3. The number of nitrogens with zero attached hydrogens (tertiary/aromatic N) is 1. The molecule has 1 saturated heterocycles. The van der Waals surface area contributed by atoms with Crippen molar-refractivity contribution < 1.29 is 8.42 Å². The molecule has 1 N–H and O–H groups in total. The number of benzene rings is 1. The molecule has 1 aromatic carbocycles. The summed E-state index contributed by atoms with van der Waals surface area (Å²) < 4.78 is 26.2. The first-order valence-corrected chi connectivity index (χ1v) is 7.30. The Hall–Kier alpha value is -0.910. The fourth-order valence-electron chi connectivity index (χ4n) is 2.10. The van der Waals surface area contributed by atoms with E-state index in [1.807, 2.05) is 6.07 Å². The number of likely N-dealkylation sites (N-methyl/N-ethyl adjacent to an activating group) is 1. The van der Waals surface area contributed by atoms with E-state index < -0.39 is 10.0 Å². The second-order valence-electron chi connectivity index (χ2n) is 4.33. The van der Waals surface area contributed by atoms with Crippen molar-refractivity contribution in [3.05, 3.63) is 30.3 Å². The Morgan fingerprint density at radius 1 is 1.29 bits per heavy atom. The van der Waals surface area contributed by atoms with E-state index in [4.69, 9.17) is 0 Å². The molecule has 0 bridgehead atoms. The number of rotatable bonds is 3. The summed E-state index contributed by atoms with van der Waals surface area (Å²) in [5, 5.41) is 3.23. The van der Waals surface area contributed by atoms with Gasteiger partial charge in [0.2, 0.25) is 10.0 Å². The summed E-state index contributed by atoms with van der Waals surface area (Å²) in [6, 6.07) is 8.67. The van der Waals surface area contributed by atoms with E-state index >= 15 is 0 Å². The van der Waals surface area contributed by atoms with Gasteiger partial charge in [0.1, 0.15) is 0 Å². The minimum Gasteiger partial charge on any atom is -0.315 e. The van der Waals surface area contributed by atoms with Gasteiger partial charge in [-0.05, 0) is 31.5 Å². The summed E-state index contributed by atoms with van der Waals surface area (Å²) in [6.07, 6.45) is 1.95. The van der Waals surface area contributed by atoms with Gasteiger partial charge in [-0.3, -0.25) is 0 Å². The molecular weight excluding hydrogens is 236 g/mol. The van der Waals surface area contributed by atoms with Crippen molar-refractivity contribution in [3.8, 4) is 0 Å². The van der Waals surface area contributed by atoms with Gasteiger partial charge in [-0.2, -0.15) is 4.31 Å². The van der Waals surface area contributed by atoms with Crippen molar-refractivity contribution in [2.45, 2.75) is 23.8 Å². The lowest BCUT2D eigenvalue weighted by molar-refractivity contribution is 0.300. The predicted octanol–water partition coefficient (Wildman–Crippen LogP) is 1.06. The van der Waals surface area contributed by atoms with Crippen LogP contribution in [0.3, 0.4) is 0 Å². The van der Waals surface area contributed by atoms with Crippen molar-refractivity contribution in [3.63, 3.8) is 0 Å². The maximum absolute atomic E-state index is 12.3. The van der Waals surface area contributed by atoms with Gasteiger partial charge in [-0.25, -0.2) is 8.42 Å². The Balaban J connectivity index is 2.20. The van der Waals surface area contributed by atoms with Crippen LogP contribution in [0.5, 0.6) is 0 Å². The highest BCUT2D eigenvalue weighted by Gasteiger charge is 2.28. The third-order valence-corrected chi connectivity index (χ3v) is 5.13. The van der Waals surface area contributed by atoms with Gasteiger partial charge < -0.3 is 5.32 Å². The van der Waals surface area contributed by atoms with Crippen molar-refractivity contribution >= 4 is 10.0 Å². The number of hydrogen-bond acceptors (Lipinski definition) is 3. The third kappa shape index (κ3) is 2.68. The van der Waals surface area contributed by atoms with E-state index in [2.05, 4.69) is 5.32 Å². The number of nitrogens with one attached hydrogen (secondary N) is 1. The van der Waals surface area contributed by atoms with Gasteiger partial charge in [-0.15, -0.1) is 0 Å². The molecule has 1 fully saturated rings. The van der Waals surface area contributed by atoms with E-state index in [0.29, 0.717) is 4.90 Å². The molecule has 1 heterocycles. The van der Waals surface area contributed by atoms with E-state index in [9.17, 15) is 8.42 Å². The monoisotopic (exact) mass is 254 g/mol. The molecule has 0 aromatic heterocycles. The fraction of sp³-hybridized carbons (Fsp3) is 0.500. The van der Waals surface area contributed by atoms with Crippen LogP contribution in [0, 0.1) is 0 Å². The van der Waals surface area contributed by atoms with Crippen LogP contribution in [0.4, 0.5) is 0 Å². The molecule has 1 unspecified atom stereocenters. The Labute approximate surface area is 103 Å². The highest BCUT2D eigenvalue weighted by Crippen LogP contribution is 2.19. The van der Waals surface area contributed by atoms with Crippen molar-refractivity contribution in [1.82, 2.24) is 9.62 Å². The van der Waals surface area contributed by atoms with Crippen molar-refractivity contribution in [2.24, 2.45) is 0 Å². The second-order valence-corrected chi connectivity index (χ2v) is 6.33. The lowest BCUT2D eigenvalue weighted by Crippen LogP contribution is -2.46. The summed E-state index contributed by atoms with van der Waals surface area (Å²) in [6.45, 7) is 1.72. The van der Waals surface area contributed by atoms with Gasteiger partial charge in [0, 0.05) is 19.6 Å². The average Bonchev–Trinajstić information content (AvgIpc) is 2.40. The zero-order valence-corrected chi connectivity index (χ0v) is 10.8. The van der Waals surface area contributed by atoms with Crippen molar-refractivity contribution in [2.75, 3.05) is 20.1 Å². The molecule has 0 spiro atoms. The molecule has 0 amide bonds. The highest BCUT2D eigenvalue weighted by atomic mass is 32.2. The first-order valence-electron chi connectivity index (χ1n) is 5.86. The molecule has 2 rings (SSSR count). The predicted molar refractivity (Wildman–Crippen MR) is 67.3 cm³/mol. The lowest BCUT2D eigenvalue weighted by atomic mass is 10.1. The van der Waals surface area contributed by atoms with Gasteiger partial charge >= 0.3 is 0 Å². The Kier molecular flexibility index (Phi) is 3.81. The normalized spacial score (nSPS) is 21.6. The molecule has 1 aromatic rings. The smallest absolute Gasteiger partial charge is 0.243 e. The number of sulfonamides is 1. The first kappa shape index (κ1) is 12.5. The fourth-order valence-corrected chi connectivity index (χ4v) is 3.50. The molecule has 0 radical (unpaired) electrons. The third-order valence-electron chi connectivity index (χ3n) is 3.21. The van der Waals surface area contributed by atoms with Gasteiger partial charge in [0.25, 0.3) is 0 Å². The van der Waals surface area contributed by atoms with E-state index in [0.717, 1.165) is 25.9 Å². The van der Waals surface area contributed by atoms with Crippen LogP contribution in [-0.2, 0) is 10.0 Å². The second kappa shape index (κ2) is 5.16. The van der Waals surface area contributed by atoms with Crippen LogP contribution in [-0.4, -0.2) is 38.9 Å².